The van der Waals surface area contributed by atoms with Crippen molar-refractivity contribution in [2.75, 3.05) is 20.1 Å². The summed E-state index contributed by atoms with van der Waals surface area (Å²) in [5, 5.41) is 10.8. The van der Waals surface area contributed by atoms with E-state index >= 15 is 0 Å². The van der Waals surface area contributed by atoms with Gasteiger partial charge < -0.3 is 15.2 Å². The van der Waals surface area contributed by atoms with Crippen LogP contribution in [0.2, 0.25) is 0 Å². The van der Waals surface area contributed by atoms with Crippen molar-refractivity contribution in [3.8, 4) is 0 Å². The summed E-state index contributed by atoms with van der Waals surface area (Å²) < 4.78 is 5.20. The average Bonchev–Trinajstić information content (AvgIpc) is 2.92. The molecule has 1 atom stereocenters. The highest BCUT2D eigenvalue weighted by Gasteiger charge is 2.09. The molecule has 5 heteroatoms. The Labute approximate surface area is 150 Å². The van der Waals surface area contributed by atoms with E-state index in [0.717, 1.165) is 43.3 Å². The number of benzene rings is 1. The highest BCUT2D eigenvalue weighted by atomic mass is 16.5. The van der Waals surface area contributed by atoms with Crippen LogP contribution >= 0.6 is 0 Å². The van der Waals surface area contributed by atoms with Crippen molar-refractivity contribution >= 4 is 5.96 Å². The van der Waals surface area contributed by atoms with Crippen LogP contribution in [0.1, 0.15) is 47.4 Å². The molecule has 0 fully saturated rings. The molecule has 0 bridgehead atoms. The highest BCUT2D eigenvalue weighted by molar-refractivity contribution is 5.79. The number of aryl methyl sites for hydroxylation is 3. The van der Waals surface area contributed by atoms with Crippen LogP contribution in [0, 0.1) is 20.8 Å². The van der Waals surface area contributed by atoms with E-state index < -0.39 is 0 Å². The molecule has 0 saturated carbocycles. The first-order valence-electron chi connectivity index (χ1n) is 8.94. The van der Waals surface area contributed by atoms with Crippen LogP contribution in [0.25, 0.3) is 0 Å². The summed E-state index contributed by atoms with van der Waals surface area (Å²) in [5.74, 6) is 2.20. The molecule has 0 aliphatic rings. The minimum absolute atomic E-state index is 0.431. The van der Waals surface area contributed by atoms with E-state index in [-0.39, 0.29) is 0 Å². The Bertz CT molecular complexity index is 686. The van der Waals surface area contributed by atoms with E-state index in [2.05, 4.69) is 58.9 Å². The zero-order valence-electron chi connectivity index (χ0n) is 16.0. The molecule has 0 spiro atoms. The first-order valence-corrected chi connectivity index (χ1v) is 8.94. The van der Waals surface area contributed by atoms with Gasteiger partial charge >= 0.3 is 0 Å². The van der Waals surface area contributed by atoms with E-state index in [1.807, 2.05) is 13.8 Å². The molecular weight excluding hydrogens is 312 g/mol. The van der Waals surface area contributed by atoms with E-state index in [9.17, 15) is 0 Å². The van der Waals surface area contributed by atoms with Gasteiger partial charge in [-0.2, -0.15) is 0 Å². The summed E-state index contributed by atoms with van der Waals surface area (Å²) in [6, 6.07) is 8.66. The second-order valence-corrected chi connectivity index (χ2v) is 6.60. The fourth-order valence-corrected chi connectivity index (χ4v) is 2.90. The van der Waals surface area contributed by atoms with Gasteiger partial charge in [0.1, 0.15) is 5.76 Å². The Kier molecular flexibility index (Phi) is 7.04. The van der Waals surface area contributed by atoms with Gasteiger partial charge in [-0.25, -0.2) is 0 Å². The Morgan fingerprint density at radius 3 is 2.68 bits per heavy atom. The summed E-state index contributed by atoms with van der Waals surface area (Å²) >= 11 is 0. The number of guanidine groups is 1. The molecule has 0 radical (unpaired) electrons. The Balaban J connectivity index is 1.73. The van der Waals surface area contributed by atoms with Crippen molar-refractivity contribution in [2.24, 2.45) is 4.99 Å². The second-order valence-electron chi connectivity index (χ2n) is 6.60. The molecule has 1 aromatic heterocycles. The summed E-state index contributed by atoms with van der Waals surface area (Å²) in [7, 11) is 1.81. The van der Waals surface area contributed by atoms with E-state index in [4.69, 9.17) is 4.52 Å². The third-order valence-corrected chi connectivity index (χ3v) is 4.49. The molecule has 0 aliphatic carbocycles. The normalized spacial score (nSPS) is 12.9. The van der Waals surface area contributed by atoms with Gasteiger partial charge in [-0.3, -0.25) is 4.99 Å². The molecule has 2 N–H and O–H groups in total. The molecular formula is C20H30N4O. The van der Waals surface area contributed by atoms with Crippen molar-refractivity contribution in [1.82, 2.24) is 15.8 Å². The largest absolute Gasteiger partial charge is 0.361 e. The second kappa shape index (κ2) is 9.25. The lowest BCUT2D eigenvalue weighted by Gasteiger charge is -2.16. The molecule has 2 rings (SSSR count). The number of rotatable bonds is 7. The lowest BCUT2D eigenvalue weighted by Crippen LogP contribution is -2.39. The van der Waals surface area contributed by atoms with Crippen LogP contribution in [0.4, 0.5) is 0 Å². The number of aliphatic imine (C=N–C) groups is 1. The monoisotopic (exact) mass is 342 g/mol. The number of hydrogen-bond acceptors (Lipinski definition) is 3. The van der Waals surface area contributed by atoms with Crippen molar-refractivity contribution in [3.05, 3.63) is 52.4 Å². The van der Waals surface area contributed by atoms with Crippen LogP contribution in [0.3, 0.4) is 0 Å². The van der Waals surface area contributed by atoms with Gasteiger partial charge in [0, 0.05) is 25.7 Å². The average molecular weight is 342 g/mol. The molecule has 25 heavy (non-hydrogen) atoms. The zero-order chi connectivity index (χ0) is 18.2. The molecule has 5 nitrogen and oxygen atoms in total. The van der Waals surface area contributed by atoms with Gasteiger partial charge in [0.25, 0.3) is 0 Å². The topological polar surface area (TPSA) is 62.5 Å². The van der Waals surface area contributed by atoms with Crippen LogP contribution in [0.5, 0.6) is 0 Å². The summed E-state index contributed by atoms with van der Waals surface area (Å²) in [6.07, 6.45) is 1.97. The maximum absolute atomic E-state index is 5.20. The zero-order valence-corrected chi connectivity index (χ0v) is 16.0. The SMILES string of the molecule is CN=C(NCCCc1c(C)noc1C)NCC(C)c1cccc(C)c1. The van der Waals surface area contributed by atoms with Crippen molar-refractivity contribution in [3.63, 3.8) is 0 Å². The summed E-state index contributed by atoms with van der Waals surface area (Å²) in [6.45, 7) is 10.0. The molecule has 0 aliphatic heterocycles. The number of aromatic nitrogens is 1. The fraction of sp³-hybridized carbons (Fsp3) is 0.500. The summed E-state index contributed by atoms with van der Waals surface area (Å²) in [4.78, 5) is 4.30. The van der Waals surface area contributed by atoms with Gasteiger partial charge in [0.2, 0.25) is 0 Å². The van der Waals surface area contributed by atoms with Gasteiger partial charge in [-0.1, -0.05) is 41.9 Å². The molecule has 0 saturated heterocycles. The van der Waals surface area contributed by atoms with Gasteiger partial charge in [-0.15, -0.1) is 0 Å². The van der Waals surface area contributed by atoms with Crippen molar-refractivity contribution < 1.29 is 4.52 Å². The third kappa shape index (κ3) is 5.62. The summed E-state index contributed by atoms with van der Waals surface area (Å²) in [5.41, 5.74) is 4.86. The molecule has 136 valence electrons. The maximum atomic E-state index is 5.20. The predicted octanol–water partition coefficient (Wildman–Crippen LogP) is 3.50. The van der Waals surface area contributed by atoms with Gasteiger partial charge in [0.05, 0.1) is 5.69 Å². The Hall–Kier alpha value is -2.30. The third-order valence-electron chi connectivity index (χ3n) is 4.49. The maximum Gasteiger partial charge on any atom is 0.190 e. The first-order chi connectivity index (χ1) is 12.0. The molecule has 2 aromatic rings. The quantitative estimate of drug-likeness (QED) is 0.459. The molecule has 1 unspecified atom stereocenters. The van der Waals surface area contributed by atoms with Crippen molar-refractivity contribution in [2.45, 2.75) is 46.5 Å². The van der Waals surface area contributed by atoms with Gasteiger partial charge in [0.15, 0.2) is 5.96 Å². The minimum atomic E-state index is 0.431. The predicted molar refractivity (Wildman–Crippen MR) is 103 cm³/mol. The Morgan fingerprint density at radius 2 is 2.04 bits per heavy atom. The van der Waals surface area contributed by atoms with Crippen LogP contribution in [-0.4, -0.2) is 31.3 Å². The van der Waals surface area contributed by atoms with E-state index in [1.165, 1.54) is 16.7 Å². The molecule has 0 amide bonds. The lowest BCUT2D eigenvalue weighted by molar-refractivity contribution is 0.392. The first kappa shape index (κ1) is 19.0. The standard InChI is InChI=1S/C20H30N4O/c1-14-8-6-9-18(12-14)15(2)13-23-20(21-5)22-11-7-10-19-16(3)24-25-17(19)4/h6,8-9,12,15H,7,10-11,13H2,1-5H3,(H2,21,22,23). The molecule has 1 heterocycles. The Morgan fingerprint density at radius 1 is 1.24 bits per heavy atom. The smallest absolute Gasteiger partial charge is 0.190 e. The molecule has 1 aromatic carbocycles. The van der Waals surface area contributed by atoms with Crippen molar-refractivity contribution in [1.29, 1.82) is 0 Å². The highest BCUT2D eigenvalue weighted by Crippen LogP contribution is 2.15. The minimum Gasteiger partial charge on any atom is -0.361 e. The number of nitrogens with zero attached hydrogens (tertiary/aromatic N) is 2. The van der Waals surface area contributed by atoms with Crippen LogP contribution in [0.15, 0.2) is 33.8 Å². The van der Waals surface area contributed by atoms with Crippen LogP contribution < -0.4 is 10.6 Å². The van der Waals surface area contributed by atoms with Crippen LogP contribution in [-0.2, 0) is 6.42 Å². The van der Waals surface area contributed by atoms with E-state index in [1.54, 1.807) is 7.05 Å². The lowest BCUT2D eigenvalue weighted by atomic mass is 9.99. The fourth-order valence-electron chi connectivity index (χ4n) is 2.90. The number of nitrogens with one attached hydrogen (secondary N) is 2. The van der Waals surface area contributed by atoms with E-state index in [0.29, 0.717) is 5.92 Å². The number of hydrogen-bond donors (Lipinski definition) is 2. The van der Waals surface area contributed by atoms with Gasteiger partial charge in [-0.05, 0) is 45.1 Å².